The fourth-order valence-electron chi connectivity index (χ4n) is 3.85. The summed E-state index contributed by atoms with van der Waals surface area (Å²) in [6, 6.07) is 2.34. The van der Waals surface area contributed by atoms with Crippen LogP contribution in [0.25, 0.3) is 17.5 Å². The zero-order valence-corrected chi connectivity index (χ0v) is 17.9. The van der Waals surface area contributed by atoms with Crippen molar-refractivity contribution in [3.63, 3.8) is 0 Å². The summed E-state index contributed by atoms with van der Waals surface area (Å²) in [4.78, 5) is 18.5. The van der Waals surface area contributed by atoms with Crippen molar-refractivity contribution in [1.29, 1.82) is 5.41 Å². The molecule has 0 aromatic carbocycles. The minimum Gasteiger partial charge on any atom is -0.353 e. The molecule has 2 unspecified atom stereocenters. The molecule has 2 aromatic heterocycles. The van der Waals surface area contributed by atoms with Crippen LogP contribution in [0.3, 0.4) is 0 Å². The Morgan fingerprint density at radius 2 is 2.27 bits per heavy atom. The second kappa shape index (κ2) is 10.6. The van der Waals surface area contributed by atoms with Crippen molar-refractivity contribution < 1.29 is 8.78 Å². The first-order valence-corrected chi connectivity index (χ1v) is 11.2. The number of allylic oxidation sites excluding steroid dienone is 1. The zero-order chi connectivity index (χ0) is 21.5. The van der Waals surface area contributed by atoms with E-state index in [1.54, 1.807) is 24.5 Å². The van der Waals surface area contributed by atoms with E-state index in [-0.39, 0.29) is 0 Å². The minimum absolute atomic E-state index is 0.392. The largest absolute Gasteiger partial charge is 0.353 e. The lowest BCUT2D eigenvalue weighted by Gasteiger charge is -2.42. The number of H-pyrrole nitrogens is 1. The number of halogens is 2. The lowest BCUT2D eigenvalue weighted by Crippen LogP contribution is -2.48. The number of alkyl halides is 2. The summed E-state index contributed by atoms with van der Waals surface area (Å²) >= 11 is 1.65. The molecule has 0 aliphatic carbocycles. The van der Waals surface area contributed by atoms with Crippen LogP contribution in [0, 0.1) is 11.3 Å². The molecular weight excluding hydrogens is 408 g/mol. The van der Waals surface area contributed by atoms with Crippen molar-refractivity contribution >= 4 is 29.6 Å². The number of rotatable bonds is 9. The molecule has 2 aromatic rings. The molecule has 162 valence electrons. The summed E-state index contributed by atoms with van der Waals surface area (Å²) in [5.74, 6) is 1.83. The van der Waals surface area contributed by atoms with Crippen molar-refractivity contribution in [3.8, 4) is 11.4 Å². The van der Waals surface area contributed by atoms with Crippen molar-refractivity contribution in [2.45, 2.75) is 38.7 Å². The molecule has 0 amide bonds. The Bertz CT molecular complexity index is 870. The molecular formula is C20H27F2N7S. The summed E-state index contributed by atoms with van der Waals surface area (Å²) < 4.78 is 28.3. The van der Waals surface area contributed by atoms with E-state index in [4.69, 9.17) is 5.41 Å². The summed E-state index contributed by atoms with van der Waals surface area (Å²) in [6.45, 7) is 4.14. The van der Waals surface area contributed by atoms with Gasteiger partial charge in [0, 0.05) is 25.2 Å². The van der Waals surface area contributed by atoms with Crippen LogP contribution in [0.15, 0.2) is 24.7 Å². The number of nitrogens with one attached hydrogen (secondary N) is 3. The van der Waals surface area contributed by atoms with Gasteiger partial charge in [0.15, 0.2) is 0 Å². The van der Waals surface area contributed by atoms with Crippen LogP contribution in [0.5, 0.6) is 0 Å². The van der Waals surface area contributed by atoms with Crippen LogP contribution in [-0.4, -0.2) is 57.5 Å². The lowest BCUT2D eigenvalue weighted by molar-refractivity contribution is 0.226. The zero-order valence-electron chi connectivity index (χ0n) is 17.1. The molecule has 1 aliphatic rings. The van der Waals surface area contributed by atoms with Gasteiger partial charge in [-0.25, -0.2) is 23.7 Å². The van der Waals surface area contributed by atoms with Gasteiger partial charge in [0.1, 0.15) is 18.0 Å². The van der Waals surface area contributed by atoms with Gasteiger partial charge in [0.05, 0.1) is 23.3 Å². The van der Waals surface area contributed by atoms with Gasteiger partial charge in [0.2, 0.25) is 0 Å². The monoisotopic (exact) mass is 435 g/mol. The van der Waals surface area contributed by atoms with Crippen molar-refractivity contribution in [3.05, 3.63) is 30.5 Å². The Labute approximate surface area is 179 Å². The van der Waals surface area contributed by atoms with Crippen molar-refractivity contribution in [2.75, 3.05) is 24.2 Å². The minimum atomic E-state index is -2.80. The number of hydrogen-bond acceptors (Lipinski definition) is 7. The molecule has 3 heterocycles. The third kappa shape index (κ3) is 5.42. The first-order valence-electron chi connectivity index (χ1n) is 9.98. The van der Waals surface area contributed by atoms with E-state index in [1.165, 1.54) is 12.5 Å². The highest BCUT2D eigenvalue weighted by Gasteiger charge is 2.31. The van der Waals surface area contributed by atoms with Crippen LogP contribution in [0.2, 0.25) is 0 Å². The maximum absolute atomic E-state index is 12.4. The molecule has 0 radical (unpaired) electrons. The quantitative estimate of drug-likeness (QED) is 0.407. The molecule has 1 fully saturated rings. The van der Waals surface area contributed by atoms with Crippen LogP contribution < -0.4 is 9.62 Å². The Hall–Kier alpha value is -2.33. The fraction of sp³-hybridized carbons (Fsp3) is 0.500. The molecule has 0 saturated carbocycles. The van der Waals surface area contributed by atoms with Gasteiger partial charge in [-0.2, -0.15) is 0 Å². The van der Waals surface area contributed by atoms with Gasteiger partial charge in [0.25, 0.3) is 6.43 Å². The third-order valence-corrected chi connectivity index (χ3v) is 5.76. The number of anilines is 1. The van der Waals surface area contributed by atoms with Crippen molar-refractivity contribution in [1.82, 2.24) is 24.7 Å². The molecule has 3 rings (SSSR count). The Morgan fingerprint density at radius 3 is 3.00 bits per heavy atom. The standard InChI is InChI=1S/C20H27F2N7S/c1-3-17-13(10-27-30-2)5-4-8-29(17)19-9-15(25-12-26-19)16-11-24-18(28-16)7-6-14(23)20(21)22/h6-7,9,11-13,17,20,23,27H,3-5,8,10H2,1-2H3,(H,24,28)/b7-6-,23-14?. The highest BCUT2D eigenvalue weighted by molar-refractivity contribution is 7.96. The Balaban J connectivity index is 1.78. The maximum atomic E-state index is 12.4. The van der Waals surface area contributed by atoms with E-state index in [0.29, 0.717) is 29.2 Å². The number of aromatic nitrogens is 4. The van der Waals surface area contributed by atoms with E-state index < -0.39 is 12.1 Å². The van der Waals surface area contributed by atoms with Gasteiger partial charge in [-0.15, -0.1) is 0 Å². The number of imidazole rings is 1. The lowest BCUT2D eigenvalue weighted by atomic mass is 9.87. The topological polar surface area (TPSA) is 93.6 Å². The molecule has 1 aliphatic heterocycles. The summed E-state index contributed by atoms with van der Waals surface area (Å²) in [7, 11) is 0. The summed E-state index contributed by atoms with van der Waals surface area (Å²) in [6.07, 6.45) is 8.15. The number of aromatic amines is 1. The third-order valence-electron chi connectivity index (χ3n) is 5.30. The second-order valence-electron chi connectivity index (χ2n) is 7.16. The average molecular weight is 436 g/mol. The van der Waals surface area contributed by atoms with E-state index in [9.17, 15) is 8.78 Å². The molecule has 10 heteroatoms. The van der Waals surface area contributed by atoms with Gasteiger partial charge >= 0.3 is 0 Å². The van der Waals surface area contributed by atoms with Crippen LogP contribution >= 0.6 is 11.9 Å². The summed E-state index contributed by atoms with van der Waals surface area (Å²) in [5, 5.41) is 7.19. The highest BCUT2D eigenvalue weighted by Crippen LogP contribution is 2.30. The maximum Gasteiger partial charge on any atom is 0.279 e. The van der Waals surface area contributed by atoms with Crippen LogP contribution in [0.4, 0.5) is 14.6 Å². The van der Waals surface area contributed by atoms with Crippen molar-refractivity contribution in [2.24, 2.45) is 5.92 Å². The van der Waals surface area contributed by atoms with Gasteiger partial charge < -0.3 is 9.88 Å². The van der Waals surface area contributed by atoms with E-state index >= 15 is 0 Å². The molecule has 30 heavy (non-hydrogen) atoms. The molecule has 0 bridgehead atoms. The van der Waals surface area contributed by atoms with E-state index in [2.05, 4.69) is 36.5 Å². The summed E-state index contributed by atoms with van der Waals surface area (Å²) in [5.41, 5.74) is 0.612. The molecule has 1 saturated heterocycles. The Kier molecular flexibility index (Phi) is 7.92. The van der Waals surface area contributed by atoms with Gasteiger partial charge in [-0.05, 0) is 43.6 Å². The average Bonchev–Trinajstić information content (AvgIpc) is 3.24. The number of hydrogen-bond donors (Lipinski definition) is 3. The van der Waals surface area contributed by atoms with E-state index in [1.807, 2.05) is 12.3 Å². The van der Waals surface area contributed by atoms with Gasteiger partial charge in [-0.1, -0.05) is 18.9 Å². The van der Waals surface area contributed by atoms with Crippen LogP contribution in [-0.2, 0) is 0 Å². The molecule has 7 nitrogen and oxygen atoms in total. The number of piperidine rings is 1. The second-order valence-corrected chi connectivity index (χ2v) is 7.85. The molecule has 3 N–H and O–H groups in total. The smallest absolute Gasteiger partial charge is 0.279 e. The highest BCUT2D eigenvalue weighted by atomic mass is 32.2. The molecule has 2 atom stereocenters. The SMILES string of the molecule is CCC1C(CNSC)CCCN1c1cc(-c2cnc(/C=C\C(=N)C(F)F)[nH]2)ncn1. The predicted molar refractivity (Wildman–Crippen MR) is 118 cm³/mol. The number of nitrogens with zero attached hydrogens (tertiary/aromatic N) is 4. The van der Waals surface area contributed by atoms with E-state index in [0.717, 1.165) is 37.8 Å². The first kappa shape index (κ1) is 22.4. The molecule has 0 spiro atoms. The van der Waals surface area contributed by atoms with Gasteiger partial charge in [-0.3, -0.25) is 10.1 Å². The Morgan fingerprint density at radius 1 is 1.43 bits per heavy atom. The fourth-order valence-corrected chi connectivity index (χ4v) is 4.23. The predicted octanol–water partition coefficient (Wildman–Crippen LogP) is 4.03. The first-order chi connectivity index (χ1) is 14.5. The normalized spacial score (nSPS) is 19.7. The van der Waals surface area contributed by atoms with Crippen LogP contribution in [0.1, 0.15) is 32.0 Å².